The molecule has 3 heteroatoms. The van der Waals surface area contributed by atoms with Crippen molar-refractivity contribution in [1.82, 2.24) is 4.90 Å². The monoisotopic (exact) mass is 205 g/mol. The van der Waals surface area contributed by atoms with Crippen molar-refractivity contribution >= 4 is 5.91 Å². The fourth-order valence-corrected chi connectivity index (χ4v) is 1.93. The molecule has 0 radical (unpaired) electrons. The minimum absolute atomic E-state index is 0.138. The zero-order chi connectivity index (χ0) is 10.8. The van der Waals surface area contributed by atoms with Gasteiger partial charge in [0, 0.05) is 27.1 Å². The first kappa shape index (κ1) is 10.2. The van der Waals surface area contributed by atoms with Gasteiger partial charge >= 0.3 is 0 Å². The molecule has 0 saturated heterocycles. The smallest absolute Gasteiger partial charge is 0.220 e. The maximum Gasteiger partial charge on any atom is 0.220 e. The highest BCUT2D eigenvalue weighted by Crippen LogP contribution is 2.23. The summed E-state index contributed by atoms with van der Waals surface area (Å²) in [5.41, 5.74) is 3.67. The van der Waals surface area contributed by atoms with Gasteiger partial charge in [-0.05, 0) is 16.7 Å². The molecule has 15 heavy (non-hydrogen) atoms. The molecule has 1 amide bonds. The van der Waals surface area contributed by atoms with Gasteiger partial charge in [-0.25, -0.2) is 0 Å². The third-order valence-electron chi connectivity index (χ3n) is 2.75. The first-order valence-corrected chi connectivity index (χ1v) is 5.06. The predicted octanol–water partition coefficient (Wildman–Crippen LogP) is 1.70. The Morgan fingerprint density at radius 2 is 2.13 bits per heavy atom. The minimum Gasteiger partial charge on any atom is -0.380 e. The Labute approximate surface area is 89.7 Å². The summed E-state index contributed by atoms with van der Waals surface area (Å²) >= 11 is 0. The third-order valence-corrected chi connectivity index (χ3v) is 2.75. The number of carbonyl (C=O) groups excluding carboxylic acids is 1. The molecule has 0 fully saturated rings. The molecule has 2 rings (SSSR count). The van der Waals surface area contributed by atoms with Crippen LogP contribution in [-0.4, -0.2) is 17.9 Å². The number of nitrogens with zero attached hydrogens (tertiary/aromatic N) is 1. The molecule has 0 aromatic heterocycles. The van der Waals surface area contributed by atoms with E-state index in [0.29, 0.717) is 6.61 Å². The maximum atomic E-state index is 11.2. The van der Waals surface area contributed by atoms with Gasteiger partial charge in [0.05, 0.1) is 6.61 Å². The summed E-state index contributed by atoms with van der Waals surface area (Å²) in [6, 6.07) is 6.28. The molecule has 1 aromatic rings. The molecule has 1 aliphatic heterocycles. The second-order valence-corrected chi connectivity index (χ2v) is 3.91. The number of amides is 1. The van der Waals surface area contributed by atoms with Gasteiger partial charge in [-0.3, -0.25) is 4.79 Å². The van der Waals surface area contributed by atoms with Crippen LogP contribution in [0.25, 0.3) is 0 Å². The summed E-state index contributed by atoms with van der Waals surface area (Å²) in [5.74, 6) is 0.138. The summed E-state index contributed by atoms with van der Waals surface area (Å²) in [5, 5.41) is 0. The van der Waals surface area contributed by atoms with E-state index in [1.165, 1.54) is 16.7 Å². The fourth-order valence-electron chi connectivity index (χ4n) is 1.93. The van der Waals surface area contributed by atoms with Crippen molar-refractivity contribution in [2.75, 3.05) is 7.11 Å². The number of hydrogen-bond acceptors (Lipinski definition) is 2. The van der Waals surface area contributed by atoms with Crippen molar-refractivity contribution in [2.45, 2.75) is 26.6 Å². The molecule has 0 N–H and O–H groups in total. The van der Waals surface area contributed by atoms with E-state index in [9.17, 15) is 4.79 Å². The average molecular weight is 205 g/mol. The molecule has 0 bridgehead atoms. The van der Waals surface area contributed by atoms with Gasteiger partial charge in [0.25, 0.3) is 0 Å². The Morgan fingerprint density at radius 1 is 1.40 bits per heavy atom. The van der Waals surface area contributed by atoms with Crippen LogP contribution in [-0.2, 0) is 29.2 Å². The summed E-state index contributed by atoms with van der Waals surface area (Å²) in [6.07, 6.45) is 0. The SMILES string of the molecule is COCc1ccc2c(c1)CN(C(C)=O)C2. The van der Waals surface area contributed by atoms with Gasteiger partial charge in [0.2, 0.25) is 5.91 Å². The molecule has 0 aliphatic carbocycles. The highest BCUT2D eigenvalue weighted by molar-refractivity contribution is 5.74. The van der Waals surface area contributed by atoms with E-state index in [2.05, 4.69) is 18.2 Å². The van der Waals surface area contributed by atoms with Gasteiger partial charge in [0.1, 0.15) is 0 Å². The number of hydrogen-bond donors (Lipinski definition) is 0. The molecule has 1 aromatic carbocycles. The minimum atomic E-state index is 0.138. The van der Waals surface area contributed by atoms with E-state index in [4.69, 9.17) is 4.74 Å². The summed E-state index contributed by atoms with van der Waals surface area (Å²) in [4.78, 5) is 13.1. The zero-order valence-corrected chi connectivity index (χ0v) is 9.12. The van der Waals surface area contributed by atoms with E-state index in [1.807, 2.05) is 4.90 Å². The lowest BCUT2D eigenvalue weighted by atomic mass is 10.1. The Balaban J connectivity index is 2.20. The summed E-state index contributed by atoms with van der Waals surface area (Å²) in [6.45, 7) is 3.73. The first-order valence-electron chi connectivity index (χ1n) is 5.06. The molecular formula is C12H15NO2. The van der Waals surface area contributed by atoms with Crippen LogP contribution in [0.15, 0.2) is 18.2 Å². The Kier molecular flexibility index (Phi) is 2.73. The molecule has 1 aliphatic rings. The third kappa shape index (κ3) is 2.02. The molecule has 80 valence electrons. The Bertz CT molecular complexity index is 387. The lowest BCUT2D eigenvalue weighted by molar-refractivity contribution is -0.129. The van der Waals surface area contributed by atoms with Crippen LogP contribution in [0.4, 0.5) is 0 Å². The van der Waals surface area contributed by atoms with Gasteiger partial charge in [-0.15, -0.1) is 0 Å². The summed E-state index contributed by atoms with van der Waals surface area (Å²) < 4.78 is 5.08. The van der Waals surface area contributed by atoms with Crippen LogP contribution in [0.2, 0.25) is 0 Å². The van der Waals surface area contributed by atoms with Crippen LogP contribution in [0.1, 0.15) is 23.6 Å². The largest absolute Gasteiger partial charge is 0.380 e. The van der Waals surface area contributed by atoms with Crippen molar-refractivity contribution in [3.05, 3.63) is 34.9 Å². The van der Waals surface area contributed by atoms with Crippen LogP contribution >= 0.6 is 0 Å². The standard InChI is InChI=1S/C12H15NO2/c1-9(14)13-6-11-4-3-10(8-15-2)5-12(11)7-13/h3-5H,6-8H2,1-2H3. The van der Waals surface area contributed by atoms with E-state index < -0.39 is 0 Å². The van der Waals surface area contributed by atoms with Crippen molar-refractivity contribution in [3.8, 4) is 0 Å². The molecule has 0 unspecified atom stereocenters. The molecule has 0 saturated carbocycles. The number of rotatable bonds is 2. The lowest BCUT2D eigenvalue weighted by Gasteiger charge is -2.11. The second kappa shape index (κ2) is 4.03. The topological polar surface area (TPSA) is 29.5 Å². The predicted molar refractivity (Wildman–Crippen MR) is 57.1 cm³/mol. The lowest BCUT2D eigenvalue weighted by Crippen LogP contribution is -2.21. The molecular weight excluding hydrogens is 190 g/mol. The maximum absolute atomic E-state index is 11.2. The average Bonchev–Trinajstić information content (AvgIpc) is 2.61. The molecule has 0 atom stereocenters. The summed E-state index contributed by atoms with van der Waals surface area (Å²) in [7, 11) is 1.69. The Hall–Kier alpha value is -1.35. The van der Waals surface area contributed by atoms with Crippen LogP contribution in [0.3, 0.4) is 0 Å². The van der Waals surface area contributed by atoms with Crippen LogP contribution in [0.5, 0.6) is 0 Å². The zero-order valence-electron chi connectivity index (χ0n) is 9.12. The number of fused-ring (bicyclic) bond motifs is 1. The van der Waals surface area contributed by atoms with Gasteiger partial charge in [0.15, 0.2) is 0 Å². The van der Waals surface area contributed by atoms with Crippen molar-refractivity contribution in [2.24, 2.45) is 0 Å². The van der Waals surface area contributed by atoms with Crippen LogP contribution in [0, 0.1) is 0 Å². The molecule has 3 nitrogen and oxygen atoms in total. The molecule has 1 heterocycles. The number of methoxy groups -OCH3 is 1. The van der Waals surface area contributed by atoms with E-state index in [-0.39, 0.29) is 5.91 Å². The number of carbonyl (C=O) groups is 1. The quantitative estimate of drug-likeness (QED) is 0.735. The number of ether oxygens (including phenoxy) is 1. The fraction of sp³-hybridized carbons (Fsp3) is 0.417. The van der Waals surface area contributed by atoms with Crippen molar-refractivity contribution in [3.63, 3.8) is 0 Å². The van der Waals surface area contributed by atoms with Gasteiger partial charge < -0.3 is 9.64 Å². The van der Waals surface area contributed by atoms with E-state index >= 15 is 0 Å². The molecule has 0 spiro atoms. The van der Waals surface area contributed by atoms with Crippen molar-refractivity contribution in [1.29, 1.82) is 0 Å². The highest BCUT2D eigenvalue weighted by Gasteiger charge is 2.20. The van der Waals surface area contributed by atoms with Crippen LogP contribution < -0.4 is 0 Å². The van der Waals surface area contributed by atoms with Gasteiger partial charge in [-0.2, -0.15) is 0 Å². The second-order valence-electron chi connectivity index (χ2n) is 3.91. The first-order chi connectivity index (χ1) is 7.20. The van der Waals surface area contributed by atoms with E-state index in [1.54, 1.807) is 14.0 Å². The number of benzene rings is 1. The Morgan fingerprint density at radius 3 is 2.80 bits per heavy atom. The van der Waals surface area contributed by atoms with Crippen molar-refractivity contribution < 1.29 is 9.53 Å². The highest BCUT2D eigenvalue weighted by atomic mass is 16.5. The van der Waals surface area contributed by atoms with E-state index in [0.717, 1.165) is 13.1 Å². The normalized spacial score (nSPS) is 14.1. The van der Waals surface area contributed by atoms with Gasteiger partial charge in [-0.1, -0.05) is 18.2 Å².